The van der Waals surface area contributed by atoms with E-state index in [1.54, 1.807) is 18.7 Å². The van der Waals surface area contributed by atoms with Crippen LogP contribution in [0.2, 0.25) is 0 Å². The third-order valence-corrected chi connectivity index (χ3v) is 4.11. The van der Waals surface area contributed by atoms with Gasteiger partial charge in [-0.3, -0.25) is 14.3 Å². The maximum absolute atomic E-state index is 12.3. The van der Waals surface area contributed by atoms with Crippen LogP contribution >= 0.6 is 0 Å². The number of benzene rings is 1. The Kier molecular flexibility index (Phi) is 4.71. The Morgan fingerprint density at radius 2 is 1.96 bits per heavy atom. The number of methoxy groups -OCH3 is 1. The van der Waals surface area contributed by atoms with Gasteiger partial charge >= 0.3 is 5.69 Å². The van der Waals surface area contributed by atoms with Gasteiger partial charge in [-0.25, -0.2) is 4.79 Å². The lowest BCUT2D eigenvalue weighted by atomic mass is 10.2. The summed E-state index contributed by atoms with van der Waals surface area (Å²) >= 11 is 0. The van der Waals surface area contributed by atoms with Gasteiger partial charge in [-0.05, 0) is 5.56 Å². The smallest absolute Gasteiger partial charge is 0.329 e. The summed E-state index contributed by atoms with van der Waals surface area (Å²) in [5.41, 5.74) is 0.930. The quantitative estimate of drug-likeness (QED) is 0.712. The molecular weight excluding hydrogens is 322 g/mol. The number of imidazole rings is 1. The van der Waals surface area contributed by atoms with E-state index in [1.165, 1.54) is 4.57 Å². The summed E-state index contributed by atoms with van der Waals surface area (Å²) < 4.78 is 8.30. The second kappa shape index (κ2) is 6.94. The molecule has 1 N–H and O–H groups in total. The van der Waals surface area contributed by atoms with Gasteiger partial charge < -0.3 is 14.2 Å². The predicted octanol–water partition coefficient (Wildman–Crippen LogP) is 0.706. The molecule has 1 aromatic carbocycles. The highest BCUT2D eigenvalue weighted by Gasteiger charge is 2.19. The van der Waals surface area contributed by atoms with Gasteiger partial charge in [0.2, 0.25) is 5.95 Å². The number of aryl methyl sites for hydroxylation is 1. The Bertz CT molecular complexity index is 987. The summed E-state index contributed by atoms with van der Waals surface area (Å²) in [6.07, 6.45) is 0. The molecular formula is C17H21N5O3. The molecule has 3 rings (SSSR count). The van der Waals surface area contributed by atoms with Crippen molar-refractivity contribution in [2.45, 2.75) is 13.1 Å². The zero-order valence-electron chi connectivity index (χ0n) is 14.5. The average molecular weight is 343 g/mol. The van der Waals surface area contributed by atoms with Crippen LogP contribution < -0.4 is 16.1 Å². The molecule has 0 fully saturated rings. The SMILES string of the molecule is COCCn1c(N(C)Cc2ccccc2)nc2c1c(=O)[nH]c(=O)n2C. The van der Waals surface area contributed by atoms with Crippen molar-refractivity contribution >= 4 is 17.1 Å². The molecule has 0 saturated heterocycles. The van der Waals surface area contributed by atoms with Crippen LogP contribution in [-0.4, -0.2) is 39.9 Å². The van der Waals surface area contributed by atoms with Crippen LogP contribution in [0, 0.1) is 0 Å². The lowest BCUT2D eigenvalue weighted by Gasteiger charge is -2.19. The van der Waals surface area contributed by atoms with Crippen LogP contribution in [0.25, 0.3) is 11.2 Å². The Morgan fingerprint density at radius 3 is 2.64 bits per heavy atom. The Labute approximate surface area is 144 Å². The fourth-order valence-corrected chi connectivity index (χ4v) is 2.84. The number of ether oxygens (including phenoxy) is 1. The lowest BCUT2D eigenvalue weighted by Crippen LogP contribution is -2.29. The van der Waals surface area contributed by atoms with E-state index >= 15 is 0 Å². The third-order valence-electron chi connectivity index (χ3n) is 4.11. The third kappa shape index (κ3) is 3.20. The number of hydrogen-bond donors (Lipinski definition) is 1. The fraction of sp³-hybridized carbons (Fsp3) is 0.353. The molecule has 0 aliphatic rings. The second-order valence-corrected chi connectivity index (χ2v) is 5.89. The number of H-pyrrole nitrogens is 1. The molecule has 0 atom stereocenters. The van der Waals surface area contributed by atoms with E-state index < -0.39 is 11.2 Å². The van der Waals surface area contributed by atoms with E-state index in [0.29, 0.717) is 36.8 Å². The van der Waals surface area contributed by atoms with Crippen molar-refractivity contribution in [3.05, 3.63) is 56.7 Å². The first-order valence-corrected chi connectivity index (χ1v) is 7.96. The standard InChI is InChI=1S/C17H21N5O3/c1-20(11-12-7-5-4-6-8-12)16-18-14-13(22(16)9-10-25-3)15(23)19-17(24)21(14)2/h4-8H,9-11H2,1-3H3,(H,19,23,24). The molecule has 8 nitrogen and oxygen atoms in total. The predicted molar refractivity (Wildman–Crippen MR) is 96.0 cm³/mol. The Balaban J connectivity index is 2.12. The normalized spacial score (nSPS) is 11.2. The van der Waals surface area contributed by atoms with Crippen molar-refractivity contribution in [2.24, 2.45) is 7.05 Å². The highest BCUT2D eigenvalue weighted by molar-refractivity contribution is 5.74. The van der Waals surface area contributed by atoms with Gasteiger partial charge in [-0.2, -0.15) is 4.98 Å². The summed E-state index contributed by atoms with van der Waals surface area (Å²) in [7, 11) is 5.10. The van der Waals surface area contributed by atoms with E-state index in [2.05, 4.69) is 9.97 Å². The summed E-state index contributed by atoms with van der Waals surface area (Å²) in [5, 5.41) is 0. The van der Waals surface area contributed by atoms with Gasteiger partial charge in [0, 0.05) is 34.3 Å². The Hall–Kier alpha value is -2.87. The van der Waals surface area contributed by atoms with Gasteiger partial charge in [-0.1, -0.05) is 30.3 Å². The van der Waals surface area contributed by atoms with Crippen molar-refractivity contribution < 1.29 is 4.74 Å². The van der Waals surface area contributed by atoms with Crippen LogP contribution in [0.1, 0.15) is 5.56 Å². The van der Waals surface area contributed by atoms with Crippen LogP contribution in [0.5, 0.6) is 0 Å². The molecule has 0 aliphatic carbocycles. The zero-order chi connectivity index (χ0) is 18.0. The highest BCUT2D eigenvalue weighted by atomic mass is 16.5. The van der Waals surface area contributed by atoms with Crippen LogP contribution in [0.15, 0.2) is 39.9 Å². The first-order valence-electron chi connectivity index (χ1n) is 7.96. The molecule has 0 spiro atoms. The number of nitrogens with one attached hydrogen (secondary N) is 1. The van der Waals surface area contributed by atoms with Crippen molar-refractivity contribution in [3.8, 4) is 0 Å². The average Bonchev–Trinajstić information content (AvgIpc) is 2.99. The number of anilines is 1. The molecule has 132 valence electrons. The highest BCUT2D eigenvalue weighted by Crippen LogP contribution is 2.20. The molecule has 0 saturated carbocycles. The molecule has 0 bridgehead atoms. The molecule has 25 heavy (non-hydrogen) atoms. The first kappa shape index (κ1) is 17.0. The molecule has 2 aromatic heterocycles. The molecule has 0 radical (unpaired) electrons. The lowest BCUT2D eigenvalue weighted by molar-refractivity contribution is 0.188. The minimum atomic E-state index is -0.480. The van der Waals surface area contributed by atoms with Crippen LogP contribution in [-0.2, 0) is 24.9 Å². The van der Waals surface area contributed by atoms with E-state index in [-0.39, 0.29) is 0 Å². The van der Waals surface area contributed by atoms with E-state index in [9.17, 15) is 9.59 Å². The largest absolute Gasteiger partial charge is 0.383 e. The van der Waals surface area contributed by atoms with Crippen molar-refractivity contribution in [2.75, 3.05) is 25.7 Å². The Morgan fingerprint density at radius 1 is 1.24 bits per heavy atom. The van der Waals surface area contributed by atoms with Crippen molar-refractivity contribution in [1.29, 1.82) is 0 Å². The maximum Gasteiger partial charge on any atom is 0.329 e. The molecule has 3 aromatic rings. The van der Waals surface area contributed by atoms with Gasteiger partial charge in [0.05, 0.1) is 6.61 Å². The number of rotatable bonds is 6. The number of aromatic nitrogens is 4. The number of nitrogens with zero attached hydrogens (tertiary/aromatic N) is 4. The van der Waals surface area contributed by atoms with Gasteiger partial charge in [0.15, 0.2) is 11.2 Å². The summed E-state index contributed by atoms with van der Waals surface area (Å²) in [6.45, 7) is 1.52. The van der Waals surface area contributed by atoms with E-state index in [4.69, 9.17) is 4.74 Å². The number of aromatic amines is 1. The summed E-state index contributed by atoms with van der Waals surface area (Å²) in [4.78, 5) is 33.1. The van der Waals surface area contributed by atoms with E-state index in [1.807, 2.05) is 42.3 Å². The minimum absolute atomic E-state index is 0.361. The maximum atomic E-state index is 12.3. The fourth-order valence-electron chi connectivity index (χ4n) is 2.84. The van der Waals surface area contributed by atoms with Gasteiger partial charge in [0.1, 0.15) is 0 Å². The molecule has 0 aliphatic heterocycles. The van der Waals surface area contributed by atoms with Crippen molar-refractivity contribution in [1.82, 2.24) is 19.1 Å². The zero-order valence-corrected chi connectivity index (χ0v) is 14.5. The van der Waals surface area contributed by atoms with Crippen LogP contribution in [0.3, 0.4) is 0 Å². The van der Waals surface area contributed by atoms with Gasteiger partial charge in [-0.15, -0.1) is 0 Å². The monoisotopic (exact) mass is 343 g/mol. The topological polar surface area (TPSA) is 85.2 Å². The number of fused-ring (bicyclic) bond motifs is 1. The summed E-state index contributed by atoms with van der Waals surface area (Å²) in [6, 6.07) is 9.98. The molecule has 0 unspecified atom stereocenters. The van der Waals surface area contributed by atoms with E-state index in [0.717, 1.165) is 5.56 Å². The molecule has 8 heteroatoms. The second-order valence-electron chi connectivity index (χ2n) is 5.89. The molecule has 2 heterocycles. The first-order chi connectivity index (χ1) is 12.0. The summed E-state index contributed by atoms with van der Waals surface area (Å²) in [5.74, 6) is 0.614. The molecule has 0 amide bonds. The van der Waals surface area contributed by atoms with Gasteiger partial charge in [0.25, 0.3) is 5.56 Å². The number of hydrogen-bond acceptors (Lipinski definition) is 5. The van der Waals surface area contributed by atoms with Crippen LogP contribution in [0.4, 0.5) is 5.95 Å². The van der Waals surface area contributed by atoms with Crippen molar-refractivity contribution in [3.63, 3.8) is 0 Å². The minimum Gasteiger partial charge on any atom is -0.383 e.